The van der Waals surface area contributed by atoms with Crippen LogP contribution in [0.15, 0.2) is 0 Å². The van der Waals surface area contributed by atoms with Crippen LogP contribution in [0, 0.1) is 5.92 Å². The molecule has 0 aromatic rings. The Bertz CT molecular complexity index is 383. The average Bonchev–Trinajstić information content (AvgIpc) is 2.66. The molecule has 1 heterocycles. The number of hydrogen-bond acceptors (Lipinski definition) is 4. The largest absolute Gasteiger partial charge is 0.464 e. The molecule has 1 rings (SSSR count). The van der Waals surface area contributed by atoms with Crippen molar-refractivity contribution >= 4 is 12.4 Å². The molecule has 0 N–H and O–H groups in total. The second-order valence-electron chi connectivity index (χ2n) is 8.14. The molecule has 0 aromatic carbocycles. The number of hydrogen-bond donors (Lipinski definition) is 0. The van der Waals surface area contributed by atoms with Crippen LogP contribution in [-0.2, 0) is 19.1 Å². The van der Waals surface area contributed by atoms with Crippen LogP contribution in [0.2, 0.25) is 0 Å². The van der Waals surface area contributed by atoms with Crippen molar-refractivity contribution < 1.29 is 19.1 Å². The molecule has 0 saturated carbocycles. The summed E-state index contributed by atoms with van der Waals surface area (Å²) in [5, 5.41) is 0. The van der Waals surface area contributed by atoms with E-state index in [1.54, 1.807) is 0 Å². The van der Waals surface area contributed by atoms with Gasteiger partial charge in [-0.05, 0) is 19.3 Å². The maximum atomic E-state index is 11.7. The van der Waals surface area contributed by atoms with E-state index < -0.39 is 0 Å². The summed E-state index contributed by atoms with van der Waals surface area (Å²) in [4.78, 5) is 22.6. The fraction of sp³-hybridized carbons (Fsp3) is 0.913. The van der Waals surface area contributed by atoms with Crippen molar-refractivity contribution in [2.75, 3.05) is 0 Å². The van der Waals surface area contributed by atoms with Crippen LogP contribution in [0.3, 0.4) is 0 Å². The molecular weight excluding hydrogens is 340 g/mol. The smallest absolute Gasteiger partial charge is 0.313 e. The second kappa shape index (κ2) is 15.9. The maximum Gasteiger partial charge on any atom is 0.313 e. The Balaban J connectivity index is 2.15. The summed E-state index contributed by atoms with van der Waals surface area (Å²) in [6.45, 7) is 4.99. The maximum absolute atomic E-state index is 11.7. The van der Waals surface area contributed by atoms with Crippen LogP contribution < -0.4 is 0 Å². The lowest BCUT2D eigenvalue weighted by Gasteiger charge is -2.37. The third-order valence-corrected chi connectivity index (χ3v) is 5.76. The predicted molar refractivity (Wildman–Crippen MR) is 110 cm³/mol. The molecule has 0 aliphatic carbocycles. The van der Waals surface area contributed by atoms with Crippen LogP contribution in [-0.4, -0.2) is 24.6 Å². The van der Waals surface area contributed by atoms with E-state index in [1.165, 1.54) is 70.6 Å². The van der Waals surface area contributed by atoms with Crippen molar-refractivity contribution in [2.45, 2.75) is 129 Å². The Kier molecular flexibility index (Phi) is 14.2. The highest BCUT2D eigenvalue weighted by molar-refractivity contribution is 5.78. The first-order valence-corrected chi connectivity index (χ1v) is 11.5. The number of rotatable bonds is 19. The van der Waals surface area contributed by atoms with Crippen molar-refractivity contribution in [1.82, 2.24) is 0 Å². The average molecular weight is 383 g/mol. The first kappa shape index (κ1) is 24.0. The minimum Gasteiger partial charge on any atom is -0.464 e. The van der Waals surface area contributed by atoms with E-state index in [-0.39, 0.29) is 24.1 Å². The molecule has 4 nitrogen and oxygen atoms in total. The Hall–Kier alpha value is -1.06. The number of ether oxygens (including phenoxy) is 2. The molecule has 1 fully saturated rings. The SMILES string of the molecule is CCCCCCCCCCC[C@@H](C[C@@H]1OC(=O)[C@H]1CCCCCC)OC=O. The first-order chi connectivity index (χ1) is 13.2. The van der Waals surface area contributed by atoms with E-state index in [4.69, 9.17) is 9.47 Å². The fourth-order valence-corrected chi connectivity index (χ4v) is 3.97. The van der Waals surface area contributed by atoms with Gasteiger partial charge in [-0.2, -0.15) is 0 Å². The molecule has 0 bridgehead atoms. The fourth-order valence-electron chi connectivity index (χ4n) is 3.97. The third-order valence-electron chi connectivity index (χ3n) is 5.76. The van der Waals surface area contributed by atoms with Crippen LogP contribution in [0.25, 0.3) is 0 Å². The zero-order chi connectivity index (χ0) is 19.7. The normalized spacial score (nSPS) is 20.0. The molecule has 1 saturated heterocycles. The molecule has 3 atom stereocenters. The quantitative estimate of drug-likeness (QED) is 0.148. The van der Waals surface area contributed by atoms with E-state index in [2.05, 4.69) is 13.8 Å². The van der Waals surface area contributed by atoms with Crippen LogP contribution >= 0.6 is 0 Å². The first-order valence-electron chi connectivity index (χ1n) is 11.5. The van der Waals surface area contributed by atoms with Gasteiger partial charge in [0.25, 0.3) is 6.47 Å². The summed E-state index contributed by atoms with van der Waals surface area (Å²) in [6, 6.07) is 0. The van der Waals surface area contributed by atoms with Gasteiger partial charge in [-0.1, -0.05) is 90.9 Å². The highest BCUT2D eigenvalue weighted by Crippen LogP contribution is 2.32. The lowest BCUT2D eigenvalue weighted by atomic mass is 9.86. The molecule has 0 amide bonds. The predicted octanol–water partition coefficient (Wildman–Crippen LogP) is 6.35. The highest BCUT2D eigenvalue weighted by Gasteiger charge is 2.42. The van der Waals surface area contributed by atoms with Gasteiger partial charge in [-0.3, -0.25) is 9.59 Å². The molecule has 1 aliphatic rings. The number of unbranched alkanes of at least 4 members (excludes halogenated alkanes) is 11. The lowest BCUT2D eigenvalue weighted by Crippen LogP contribution is -2.47. The molecule has 0 aromatic heterocycles. The van der Waals surface area contributed by atoms with Gasteiger partial charge < -0.3 is 9.47 Å². The summed E-state index contributed by atoms with van der Waals surface area (Å²) in [7, 11) is 0. The van der Waals surface area contributed by atoms with Gasteiger partial charge in [0.05, 0.1) is 5.92 Å². The molecule has 4 heteroatoms. The van der Waals surface area contributed by atoms with Crippen molar-refractivity contribution in [3.63, 3.8) is 0 Å². The van der Waals surface area contributed by atoms with Crippen molar-refractivity contribution in [3.8, 4) is 0 Å². The Morgan fingerprint density at radius 2 is 1.44 bits per heavy atom. The van der Waals surface area contributed by atoms with Crippen LogP contribution in [0.5, 0.6) is 0 Å². The minimum atomic E-state index is -0.108. The standard InChI is InChI=1S/C23H42O4/c1-3-5-7-9-10-11-12-13-14-16-20(26-19-24)18-22-21(23(25)27-22)17-15-8-6-4-2/h19-22H,3-18H2,1-2H3/t20-,21-,22-/m0/s1. The van der Waals surface area contributed by atoms with E-state index in [0.29, 0.717) is 12.9 Å². The van der Waals surface area contributed by atoms with Crippen molar-refractivity contribution in [3.05, 3.63) is 0 Å². The topological polar surface area (TPSA) is 52.6 Å². The molecular formula is C23H42O4. The summed E-state index contributed by atoms with van der Waals surface area (Å²) in [6.07, 6.45) is 18.6. The van der Waals surface area contributed by atoms with Gasteiger partial charge in [0.2, 0.25) is 0 Å². The Morgan fingerprint density at radius 3 is 2.00 bits per heavy atom. The number of carbonyl (C=O) groups is 2. The van der Waals surface area contributed by atoms with Gasteiger partial charge in [-0.25, -0.2) is 0 Å². The zero-order valence-electron chi connectivity index (χ0n) is 17.8. The van der Waals surface area contributed by atoms with E-state index in [9.17, 15) is 9.59 Å². The van der Waals surface area contributed by atoms with Gasteiger partial charge in [0.15, 0.2) is 0 Å². The molecule has 1 aliphatic heterocycles. The monoisotopic (exact) mass is 382 g/mol. The lowest BCUT2D eigenvalue weighted by molar-refractivity contribution is -0.189. The number of carbonyl (C=O) groups excluding carboxylic acids is 2. The second-order valence-corrected chi connectivity index (χ2v) is 8.14. The highest BCUT2D eigenvalue weighted by atomic mass is 16.6. The third kappa shape index (κ3) is 10.8. The Labute approximate surface area is 166 Å². The summed E-state index contributed by atoms with van der Waals surface area (Å²) in [5.74, 6) is -0.0489. The molecule has 27 heavy (non-hydrogen) atoms. The molecule has 0 spiro atoms. The van der Waals surface area contributed by atoms with Crippen molar-refractivity contribution in [1.29, 1.82) is 0 Å². The molecule has 0 radical (unpaired) electrons. The Morgan fingerprint density at radius 1 is 0.889 bits per heavy atom. The zero-order valence-corrected chi connectivity index (χ0v) is 17.8. The van der Waals surface area contributed by atoms with E-state index in [1.807, 2.05) is 0 Å². The van der Waals surface area contributed by atoms with Crippen LogP contribution in [0.1, 0.15) is 117 Å². The van der Waals surface area contributed by atoms with Gasteiger partial charge >= 0.3 is 5.97 Å². The van der Waals surface area contributed by atoms with E-state index in [0.717, 1.165) is 25.7 Å². The summed E-state index contributed by atoms with van der Waals surface area (Å²) in [5.41, 5.74) is 0. The number of cyclic esters (lactones) is 1. The van der Waals surface area contributed by atoms with Gasteiger partial charge in [0.1, 0.15) is 12.2 Å². The number of esters is 1. The molecule has 158 valence electrons. The molecule has 0 unspecified atom stereocenters. The van der Waals surface area contributed by atoms with Gasteiger partial charge in [0, 0.05) is 6.42 Å². The van der Waals surface area contributed by atoms with E-state index >= 15 is 0 Å². The summed E-state index contributed by atoms with van der Waals surface area (Å²) < 4.78 is 10.6. The van der Waals surface area contributed by atoms with Crippen LogP contribution in [0.4, 0.5) is 0 Å². The van der Waals surface area contributed by atoms with Crippen molar-refractivity contribution in [2.24, 2.45) is 5.92 Å². The van der Waals surface area contributed by atoms with Gasteiger partial charge in [-0.15, -0.1) is 0 Å². The summed E-state index contributed by atoms with van der Waals surface area (Å²) >= 11 is 0. The minimum absolute atomic E-state index is 0.0164.